The summed E-state index contributed by atoms with van der Waals surface area (Å²) < 4.78 is 25.3. The molecule has 1 fully saturated rings. The molecule has 0 spiro atoms. The number of sulfonamides is 1. The van der Waals surface area contributed by atoms with E-state index in [0.29, 0.717) is 0 Å². The number of hydrogen-bond acceptors (Lipinski definition) is 3. The predicted octanol–water partition coefficient (Wildman–Crippen LogP) is 0.425. The minimum atomic E-state index is -3.44. The van der Waals surface area contributed by atoms with E-state index in [0.717, 1.165) is 12.8 Å². The Kier molecular flexibility index (Phi) is 3.72. The van der Waals surface area contributed by atoms with Crippen LogP contribution >= 0.6 is 0 Å². The molecule has 6 heteroatoms. The fraction of sp³-hybridized carbons (Fsp3) is 0.889. The van der Waals surface area contributed by atoms with Crippen LogP contribution in [0.4, 0.5) is 0 Å². The molecule has 0 aliphatic heterocycles. The van der Waals surface area contributed by atoms with Crippen molar-refractivity contribution in [3.05, 3.63) is 0 Å². The Morgan fingerprint density at radius 1 is 1.47 bits per heavy atom. The predicted molar refractivity (Wildman–Crippen MR) is 55.9 cm³/mol. The van der Waals surface area contributed by atoms with Crippen molar-refractivity contribution in [1.29, 1.82) is 0 Å². The van der Waals surface area contributed by atoms with Gasteiger partial charge in [0.05, 0.1) is 5.75 Å². The summed E-state index contributed by atoms with van der Waals surface area (Å²) in [6.45, 7) is 3.36. The van der Waals surface area contributed by atoms with Crippen LogP contribution in [0.25, 0.3) is 0 Å². The molecule has 1 rings (SSSR count). The van der Waals surface area contributed by atoms with Gasteiger partial charge < -0.3 is 5.11 Å². The summed E-state index contributed by atoms with van der Waals surface area (Å²) in [5.74, 6) is -1.09. The molecule has 0 radical (unpaired) electrons. The molecule has 1 atom stereocenters. The highest BCUT2D eigenvalue weighted by atomic mass is 32.2. The third-order valence-corrected chi connectivity index (χ3v) is 3.91. The number of carboxylic acids is 1. The van der Waals surface area contributed by atoms with Gasteiger partial charge in [-0.15, -0.1) is 0 Å². The molecule has 0 aromatic heterocycles. The van der Waals surface area contributed by atoms with Crippen LogP contribution in [0.5, 0.6) is 0 Å². The van der Waals surface area contributed by atoms with Gasteiger partial charge in [-0.2, -0.15) is 0 Å². The minimum Gasteiger partial charge on any atom is -0.480 e. The third kappa shape index (κ3) is 4.17. The molecule has 1 aliphatic rings. The van der Waals surface area contributed by atoms with Gasteiger partial charge in [-0.3, -0.25) is 4.79 Å². The normalized spacial score (nSPS) is 19.1. The second kappa shape index (κ2) is 4.49. The molecule has 0 amide bonds. The van der Waals surface area contributed by atoms with E-state index >= 15 is 0 Å². The zero-order chi connectivity index (χ0) is 11.6. The monoisotopic (exact) mass is 235 g/mol. The van der Waals surface area contributed by atoms with E-state index in [1.54, 1.807) is 13.8 Å². The quantitative estimate of drug-likeness (QED) is 0.699. The summed E-state index contributed by atoms with van der Waals surface area (Å²) in [5, 5.41) is 8.83. The largest absolute Gasteiger partial charge is 0.480 e. The molecule has 0 heterocycles. The Labute approximate surface area is 89.9 Å². The van der Waals surface area contributed by atoms with Crippen LogP contribution < -0.4 is 4.72 Å². The van der Waals surface area contributed by atoms with E-state index in [1.165, 1.54) is 0 Å². The molecule has 15 heavy (non-hydrogen) atoms. The maximum absolute atomic E-state index is 11.5. The maximum Gasteiger partial charge on any atom is 0.321 e. The third-order valence-electron chi connectivity index (χ3n) is 2.39. The first kappa shape index (κ1) is 12.4. The average Bonchev–Trinajstić information content (AvgIpc) is 2.82. The summed E-state index contributed by atoms with van der Waals surface area (Å²) in [6.07, 6.45) is 1.86. The fourth-order valence-electron chi connectivity index (χ4n) is 1.31. The molecule has 0 aromatic rings. The van der Waals surface area contributed by atoms with Crippen molar-refractivity contribution < 1.29 is 18.3 Å². The topological polar surface area (TPSA) is 83.5 Å². The minimum absolute atomic E-state index is 0.0590. The number of aliphatic carboxylic acids is 1. The Morgan fingerprint density at radius 3 is 2.33 bits per heavy atom. The highest BCUT2D eigenvalue weighted by Gasteiger charge is 2.32. The van der Waals surface area contributed by atoms with Crippen LogP contribution in [0, 0.1) is 11.8 Å². The maximum atomic E-state index is 11.5. The van der Waals surface area contributed by atoms with E-state index in [2.05, 4.69) is 4.72 Å². The molecule has 0 aromatic carbocycles. The number of carbonyl (C=O) groups is 1. The zero-order valence-electron chi connectivity index (χ0n) is 8.93. The lowest BCUT2D eigenvalue weighted by Crippen LogP contribution is -2.45. The van der Waals surface area contributed by atoms with Gasteiger partial charge >= 0.3 is 5.97 Å². The lowest BCUT2D eigenvalue weighted by molar-refractivity contribution is -0.140. The number of hydrogen-bond donors (Lipinski definition) is 2. The summed E-state index contributed by atoms with van der Waals surface area (Å²) in [5.41, 5.74) is 0. The zero-order valence-corrected chi connectivity index (χ0v) is 9.75. The molecular weight excluding hydrogens is 218 g/mol. The second-order valence-corrected chi connectivity index (χ2v) is 6.20. The summed E-state index contributed by atoms with van der Waals surface area (Å²) in [7, 11) is -3.44. The number of nitrogens with one attached hydrogen (secondary N) is 1. The molecule has 0 bridgehead atoms. The first-order chi connectivity index (χ1) is 6.82. The molecule has 2 N–H and O–H groups in total. The smallest absolute Gasteiger partial charge is 0.321 e. The van der Waals surface area contributed by atoms with Gasteiger partial charge in [0.15, 0.2) is 0 Å². The second-order valence-electron chi connectivity index (χ2n) is 4.40. The van der Waals surface area contributed by atoms with Crippen molar-refractivity contribution in [2.24, 2.45) is 11.8 Å². The van der Waals surface area contributed by atoms with Crippen LogP contribution in [-0.2, 0) is 14.8 Å². The van der Waals surface area contributed by atoms with Crippen LogP contribution in [0.3, 0.4) is 0 Å². The number of carboxylic acid groups (broad SMARTS) is 1. The van der Waals surface area contributed by atoms with Gasteiger partial charge in [-0.05, 0) is 24.7 Å². The van der Waals surface area contributed by atoms with E-state index in [-0.39, 0.29) is 17.6 Å². The highest BCUT2D eigenvalue weighted by molar-refractivity contribution is 7.89. The van der Waals surface area contributed by atoms with Crippen molar-refractivity contribution in [3.63, 3.8) is 0 Å². The fourth-order valence-corrected chi connectivity index (χ4v) is 3.12. The molecule has 5 nitrogen and oxygen atoms in total. The molecular formula is C9H17NO4S. The van der Waals surface area contributed by atoms with E-state index < -0.39 is 22.0 Å². The van der Waals surface area contributed by atoms with Crippen LogP contribution in [0.2, 0.25) is 0 Å². The van der Waals surface area contributed by atoms with Crippen LogP contribution in [0.15, 0.2) is 0 Å². The van der Waals surface area contributed by atoms with Gasteiger partial charge in [-0.25, -0.2) is 13.1 Å². The first-order valence-electron chi connectivity index (χ1n) is 5.04. The Morgan fingerprint density at radius 2 is 2.00 bits per heavy atom. The van der Waals surface area contributed by atoms with Crippen molar-refractivity contribution in [3.8, 4) is 0 Å². The van der Waals surface area contributed by atoms with Crippen molar-refractivity contribution in [2.75, 3.05) is 5.75 Å². The number of rotatable bonds is 6. The lowest BCUT2D eigenvalue weighted by atomic mass is 10.1. The Balaban J connectivity index is 2.59. The van der Waals surface area contributed by atoms with Crippen molar-refractivity contribution >= 4 is 16.0 Å². The Bertz CT molecular complexity index is 332. The molecule has 1 saturated carbocycles. The van der Waals surface area contributed by atoms with Gasteiger partial charge in [0, 0.05) is 0 Å². The first-order valence-corrected chi connectivity index (χ1v) is 6.70. The van der Waals surface area contributed by atoms with Gasteiger partial charge in [0.2, 0.25) is 10.0 Å². The van der Waals surface area contributed by atoms with Gasteiger partial charge in [0.1, 0.15) is 6.04 Å². The van der Waals surface area contributed by atoms with Gasteiger partial charge in [-0.1, -0.05) is 13.8 Å². The van der Waals surface area contributed by atoms with E-state index in [1.807, 2.05) is 0 Å². The van der Waals surface area contributed by atoms with E-state index in [9.17, 15) is 13.2 Å². The van der Waals surface area contributed by atoms with Gasteiger partial charge in [0.25, 0.3) is 0 Å². The molecule has 1 aliphatic carbocycles. The van der Waals surface area contributed by atoms with Crippen molar-refractivity contribution in [1.82, 2.24) is 4.72 Å². The lowest BCUT2D eigenvalue weighted by Gasteiger charge is -2.17. The molecule has 0 unspecified atom stereocenters. The molecule has 0 saturated heterocycles. The van der Waals surface area contributed by atoms with Crippen molar-refractivity contribution in [2.45, 2.75) is 32.7 Å². The highest BCUT2D eigenvalue weighted by Crippen LogP contribution is 2.30. The summed E-state index contributed by atoms with van der Waals surface area (Å²) in [4.78, 5) is 10.8. The molecule has 88 valence electrons. The van der Waals surface area contributed by atoms with E-state index in [4.69, 9.17) is 5.11 Å². The SMILES string of the molecule is CC(C)[C@H](NS(=O)(=O)CC1CC1)C(=O)O. The van der Waals surface area contributed by atoms with Crippen LogP contribution in [-0.4, -0.2) is 31.3 Å². The average molecular weight is 235 g/mol. The standard InChI is InChI=1S/C9H17NO4S/c1-6(2)8(9(11)12)10-15(13,14)5-7-3-4-7/h6-8,10H,3-5H2,1-2H3,(H,11,12)/t8-/m0/s1. The Hall–Kier alpha value is -0.620. The summed E-state index contributed by atoms with van der Waals surface area (Å²) in [6, 6.07) is -1.02. The summed E-state index contributed by atoms with van der Waals surface area (Å²) >= 11 is 0. The van der Waals surface area contributed by atoms with Crippen LogP contribution in [0.1, 0.15) is 26.7 Å².